The van der Waals surface area contributed by atoms with Gasteiger partial charge in [-0.15, -0.1) is 13.2 Å². The van der Waals surface area contributed by atoms with Crippen molar-refractivity contribution in [1.82, 2.24) is 4.98 Å². The van der Waals surface area contributed by atoms with Crippen LogP contribution in [0.15, 0.2) is 24.4 Å². The van der Waals surface area contributed by atoms with E-state index in [2.05, 4.69) is 9.72 Å². The molecular formula is C10H8F3NO. The van der Waals surface area contributed by atoms with Gasteiger partial charge < -0.3 is 9.72 Å². The molecule has 0 aliphatic carbocycles. The number of fused-ring (bicyclic) bond motifs is 1. The normalized spacial score (nSPS) is 12.0. The Kier molecular flexibility index (Phi) is 2.10. The van der Waals surface area contributed by atoms with Crippen LogP contribution in [0.2, 0.25) is 0 Å². The Hall–Kier alpha value is -1.65. The van der Waals surface area contributed by atoms with Crippen LogP contribution in [0.1, 0.15) is 5.56 Å². The monoisotopic (exact) mass is 215 g/mol. The number of benzene rings is 1. The van der Waals surface area contributed by atoms with Crippen molar-refractivity contribution in [3.63, 3.8) is 0 Å². The molecule has 0 spiro atoms. The summed E-state index contributed by atoms with van der Waals surface area (Å²) >= 11 is 0. The van der Waals surface area contributed by atoms with E-state index < -0.39 is 6.36 Å². The first-order chi connectivity index (χ1) is 6.96. The van der Waals surface area contributed by atoms with Gasteiger partial charge in [0.25, 0.3) is 0 Å². The van der Waals surface area contributed by atoms with E-state index in [0.717, 1.165) is 10.9 Å². The van der Waals surface area contributed by atoms with Crippen molar-refractivity contribution in [3.05, 3.63) is 30.0 Å². The molecule has 0 amide bonds. The number of aromatic amines is 1. The van der Waals surface area contributed by atoms with Crippen LogP contribution in [0.4, 0.5) is 13.2 Å². The zero-order valence-electron chi connectivity index (χ0n) is 7.85. The summed E-state index contributed by atoms with van der Waals surface area (Å²) in [6, 6.07) is 4.50. The average Bonchev–Trinajstić information content (AvgIpc) is 2.48. The number of alkyl halides is 3. The minimum Gasteiger partial charge on any atom is -0.406 e. The molecule has 0 saturated carbocycles. The highest BCUT2D eigenvalue weighted by molar-refractivity contribution is 5.84. The van der Waals surface area contributed by atoms with Crippen LogP contribution < -0.4 is 4.74 Å². The van der Waals surface area contributed by atoms with Gasteiger partial charge in [0.05, 0.1) is 0 Å². The number of aromatic nitrogens is 1. The summed E-state index contributed by atoms with van der Waals surface area (Å²) in [5.41, 5.74) is 1.38. The third-order valence-electron chi connectivity index (χ3n) is 2.08. The maximum absolute atomic E-state index is 12.0. The number of ether oxygens (including phenoxy) is 1. The second-order valence-corrected chi connectivity index (χ2v) is 3.23. The molecule has 0 fully saturated rings. The molecule has 2 rings (SSSR count). The molecule has 0 atom stereocenters. The molecule has 0 aliphatic heterocycles. The molecule has 0 saturated heterocycles. The average molecular weight is 215 g/mol. The number of hydrogen-bond donors (Lipinski definition) is 1. The highest BCUT2D eigenvalue weighted by atomic mass is 19.4. The molecule has 15 heavy (non-hydrogen) atoms. The summed E-state index contributed by atoms with van der Waals surface area (Å²) in [5, 5.41) is 0.893. The maximum atomic E-state index is 12.0. The van der Waals surface area contributed by atoms with Gasteiger partial charge >= 0.3 is 6.36 Å². The van der Waals surface area contributed by atoms with Crippen molar-refractivity contribution in [2.75, 3.05) is 0 Å². The Labute approximate surface area is 83.7 Å². The van der Waals surface area contributed by atoms with Crippen molar-refractivity contribution < 1.29 is 17.9 Å². The van der Waals surface area contributed by atoms with Gasteiger partial charge in [0.15, 0.2) is 0 Å². The zero-order valence-corrected chi connectivity index (χ0v) is 7.85. The predicted octanol–water partition coefficient (Wildman–Crippen LogP) is 3.37. The van der Waals surface area contributed by atoms with Crippen molar-refractivity contribution >= 4 is 10.9 Å². The van der Waals surface area contributed by atoms with Gasteiger partial charge in [0.2, 0.25) is 0 Å². The van der Waals surface area contributed by atoms with Crippen molar-refractivity contribution in [3.8, 4) is 5.75 Å². The summed E-state index contributed by atoms with van der Waals surface area (Å²) in [7, 11) is 0. The Morgan fingerprint density at radius 1 is 1.27 bits per heavy atom. The second kappa shape index (κ2) is 3.18. The Morgan fingerprint density at radius 3 is 2.67 bits per heavy atom. The largest absolute Gasteiger partial charge is 0.573 e. The molecule has 1 aromatic heterocycles. The molecule has 0 radical (unpaired) electrons. The predicted molar refractivity (Wildman–Crippen MR) is 49.7 cm³/mol. The van der Waals surface area contributed by atoms with Crippen LogP contribution in [0.3, 0.4) is 0 Å². The van der Waals surface area contributed by atoms with E-state index in [9.17, 15) is 13.2 Å². The SMILES string of the molecule is Cc1cc(OC(F)(F)F)cc2[nH]ccc12. The Morgan fingerprint density at radius 2 is 2.00 bits per heavy atom. The molecule has 2 nitrogen and oxygen atoms in total. The minimum absolute atomic E-state index is 0.199. The van der Waals surface area contributed by atoms with Crippen LogP contribution in [0.5, 0.6) is 5.75 Å². The zero-order chi connectivity index (χ0) is 11.1. The highest BCUT2D eigenvalue weighted by Gasteiger charge is 2.31. The molecule has 1 N–H and O–H groups in total. The molecule has 5 heteroatoms. The smallest absolute Gasteiger partial charge is 0.406 e. The number of H-pyrrole nitrogens is 1. The van der Waals surface area contributed by atoms with Crippen molar-refractivity contribution in [1.29, 1.82) is 0 Å². The van der Waals surface area contributed by atoms with Gasteiger partial charge in [-0.25, -0.2) is 0 Å². The van der Waals surface area contributed by atoms with E-state index in [1.807, 2.05) is 6.07 Å². The van der Waals surface area contributed by atoms with E-state index in [1.54, 1.807) is 13.1 Å². The molecule has 2 aromatic rings. The lowest BCUT2D eigenvalue weighted by atomic mass is 10.1. The fraction of sp³-hybridized carbons (Fsp3) is 0.200. The van der Waals surface area contributed by atoms with Gasteiger partial charge in [-0.1, -0.05) is 0 Å². The van der Waals surface area contributed by atoms with Crippen molar-refractivity contribution in [2.24, 2.45) is 0 Å². The molecule has 0 aliphatic rings. The van der Waals surface area contributed by atoms with E-state index in [-0.39, 0.29) is 5.75 Å². The lowest BCUT2D eigenvalue weighted by molar-refractivity contribution is -0.274. The molecular weight excluding hydrogens is 207 g/mol. The standard InChI is InChI=1S/C10H8F3NO/c1-6-4-7(15-10(11,12)13)5-9-8(6)2-3-14-9/h2-5,14H,1H3. The fourth-order valence-corrected chi connectivity index (χ4v) is 1.51. The molecule has 1 aromatic carbocycles. The van der Waals surface area contributed by atoms with E-state index in [0.29, 0.717) is 5.52 Å². The summed E-state index contributed by atoms with van der Waals surface area (Å²) in [6.07, 6.45) is -2.97. The lowest BCUT2D eigenvalue weighted by Gasteiger charge is -2.09. The molecule has 0 bridgehead atoms. The second-order valence-electron chi connectivity index (χ2n) is 3.23. The third-order valence-corrected chi connectivity index (χ3v) is 2.08. The molecule has 80 valence electrons. The van der Waals surface area contributed by atoms with Crippen LogP contribution in [-0.2, 0) is 0 Å². The van der Waals surface area contributed by atoms with Gasteiger partial charge in [0.1, 0.15) is 5.75 Å². The first-order valence-electron chi connectivity index (χ1n) is 4.29. The van der Waals surface area contributed by atoms with Crippen molar-refractivity contribution in [2.45, 2.75) is 13.3 Å². The van der Waals surface area contributed by atoms with Crippen LogP contribution in [0.25, 0.3) is 10.9 Å². The van der Waals surface area contributed by atoms with Gasteiger partial charge in [-0.05, 0) is 24.6 Å². The number of rotatable bonds is 1. The fourth-order valence-electron chi connectivity index (χ4n) is 1.51. The van der Waals surface area contributed by atoms with E-state index >= 15 is 0 Å². The van der Waals surface area contributed by atoms with Gasteiger partial charge in [-0.3, -0.25) is 0 Å². The number of hydrogen-bond acceptors (Lipinski definition) is 1. The van der Waals surface area contributed by atoms with Crippen LogP contribution >= 0.6 is 0 Å². The topological polar surface area (TPSA) is 25.0 Å². The van der Waals surface area contributed by atoms with Crippen LogP contribution in [0, 0.1) is 6.92 Å². The number of aryl methyl sites for hydroxylation is 1. The minimum atomic E-state index is -4.65. The summed E-state index contributed by atoms with van der Waals surface area (Å²) in [4.78, 5) is 2.84. The lowest BCUT2D eigenvalue weighted by Crippen LogP contribution is -2.17. The first kappa shape index (κ1) is 9.89. The quantitative estimate of drug-likeness (QED) is 0.775. The van der Waals surface area contributed by atoms with E-state index in [1.165, 1.54) is 12.1 Å². The van der Waals surface area contributed by atoms with Gasteiger partial charge in [-0.2, -0.15) is 0 Å². The van der Waals surface area contributed by atoms with Crippen LogP contribution in [-0.4, -0.2) is 11.3 Å². The van der Waals surface area contributed by atoms with Gasteiger partial charge in [0, 0.05) is 23.2 Å². The summed E-state index contributed by atoms with van der Waals surface area (Å²) in [6.45, 7) is 1.74. The van der Waals surface area contributed by atoms with E-state index in [4.69, 9.17) is 0 Å². The maximum Gasteiger partial charge on any atom is 0.573 e. The third kappa shape index (κ3) is 2.06. The Bertz CT molecular complexity index is 487. The first-order valence-corrected chi connectivity index (χ1v) is 4.29. The molecule has 1 heterocycles. The highest BCUT2D eigenvalue weighted by Crippen LogP contribution is 2.28. The summed E-state index contributed by atoms with van der Waals surface area (Å²) in [5.74, 6) is -0.199. The molecule has 0 unspecified atom stereocenters. The number of nitrogens with one attached hydrogen (secondary N) is 1. The summed E-state index contributed by atoms with van der Waals surface area (Å²) < 4.78 is 39.7. The number of halogens is 3. The Balaban J connectivity index is 2.45.